The quantitative estimate of drug-likeness (QED) is 0.776. The Balaban J connectivity index is 2.41. The molecule has 0 N–H and O–H groups in total. The SMILES string of the molecule is CC(C)(C)OC(=O)Cn1cnc2c(F)cc(Br)cc2c1=O. The van der Waals surface area contributed by atoms with Crippen LogP contribution in [-0.4, -0.2) is 21.1 Å². The fraction of sp³-hybridized carbons (Fsp3) is 0.357. The molecule has 21 heavy (non-hydrogen) atoms. The largest absolute Gasteiger partial charge is 0.459 e. The number of hydrogen-bond donors (Lipinski definition) is 0. The van der Waals surface area contributed by atoms with Crippen LogP contribution in [0.3, 0.4) is 0 Å². The topological polar surface area (TPSA) is 61.2 Å². The summed E-state index contributed by atoms with van der Waals surface area (Å²) in [6.45, 7) is 4.93. The van der Waals surface area contributed by atoms with E-state index in [9.17, 15) is 14.0 Å². The highest BCUT2D eigenvalue weighted by Gasteiger charge is 2.18. The van der Waals surface area contributed by atoms with Gasteiger partial charge in [0.25, 0.3) is 5.56 Å². The average molecular weight is 357 g/mol. The lowest BCUT2D eigenvalue weighted by Crippen LogP contribution is -2.30. The molecule has 1 aromatic heterocycles. The molecule has 1 heterocycles. The van der Waals surface area contributed by atoms with Gasteiger partial charge < -0.3 is 4.74 Å². The number of esters is 1. The Kier molecular flexibility index (Phi) is 4.13. The van der Waals surface area contributed by atoms with Crippen molar-refractivity contribution < 1.29 is 13.9 Å². The van der Waals surface area contributed by atoms with Gasteiger partial charge in [0.2, 0.25) is 0 Å². The van der Waals surface area contributed by atoms with Crippen molar-refractivity contribution in [3.8, 4) is 0 Å². The molecule has 0 saturated heterocycles. The highest BCUT2D eigenvalue weighted by molar-refractivity contribution is 9.10. The summed E-state index contributed by atoms with van der Waals surface area (Å²) in [6, 6.07) is 2.70. The summed E-state index contributed by atoms with van der Waals surface area (Å²) >= 11 is 3.13. The van der Waals surface area contributed by atoms with Gasteiger partial charge in [0.15, 0.2) is 5.82 Å². The standard InChI is InChI=1S/C14H14BrFN2O3/c1-14(2,3)21-11(19)6-18-7-17-12-9(13(18)20)4-8(15)5-10(12)16/h4-5,7H,6H2,1-3H3. The van der Waals surface area contributed by atoms with Gasteiger partial charge in [-0.25, -0.2) is 9.37 Å². The van der Waals surface area contributed by atoms with Crippen molar-refractivity contribution >= 4 is 32.8 Å². The van der Waals surface area contributed by atoms with Crippen LogP contribution in [0.5, 0.6) is 0 Å². The maximum atomic E-state index is 13.7. The molecular formula is C14H14BrFN2O3. The van der Waals surface area contributed by atoms with Crippen molar-refractivity contribution in [3.05, 3.63) is 39.1 Å². The number of rotatable bonds is 2. The van der Waals surface area contributed by atoms with Gasteiger partial charge in [0.1, 0.15) is 17.7 Å². The predicted octanol–water partition coefficient (Wildman–Crippen LogP) is 2.64. The minimum Gasteiger partial charge on any atom is -0.459 e. The Morgan fingerprint density at radius 2 is 2.10 bits per heavy atom. The minimum atomic E-state index is -0.639. The van der Waals surface area contributed by atoms with Crippen molar-refractivity contribution in [2.45, 2.75) is 32.9 Å². The number of nitrogens with zero attached hydrogens (tertiary/aromatic N) is 2. The number of ether oxygens (including phenoxy) is 1. The number of fused-ring (bicyclic) bond motifs is 1. The molecule has 0 amide bonds. The van der Waals surface area contributed by atoms with Crippen LogP contribution in [-0.2, 0) is 16.1 Å². The lowest BCUT2D eigenvalue weighted by Gasteiger charge is -2.19. The number of benzene rings is 1. The van der Waals surface area contributed by atoms with Crippen molar-refractivity contribution in [3.63, 3.8) is 0 Å². The second-order valence-corrected chi connectivity index (χ2v) is 6.46. The summed E-state index contributed by atoms with van der Waals surface area (Å²) in [5.41, 5.74) is -1.16. The molecule has 0 aliphatic heterocycles. The van der Waals surface area contributed by atoms with E-state index in [1.54, 1.807) is 20.8 Å². The average Bonchev–Trinajstić information content (AvgIpc) is 2.31. The Hall–Kier alpha value is -1.76. The summed E-state index contributed by atoms with van der Waals surface area (Å²) < 4.78 is 20.4. The van der Waals surface area contributed by atoms with Gasteiger partial charge in [-0.2, -0.15) is 0 Å². The van der Waals surface area contributed by atoms with Crippen LogP contribution in [0.4, 0.5) is 4.39 Å². The molecule has 0 atom stereocenters. The van der Waals surface area contributed by atoms with Gasteiger partial charge in [-0.05, 0) is 32.9 Å². The highest BCUT2D eigenvalue weighted by atomic mass is 79.9. The first-order valence-electron chi connectivity index (χ1n) is 6.23. The van der Waals surface area contributed by atoms with Crippen LogP contribution in [0.1, 0.15) is 20.8 Å². The van der Waals surface area contributed by atoms with E-state index >= 15 is 0 Å². The molecule has 0 unspecified atom stereocenters. The third-order valence-corrected chi connectivity index (χ3v) is 3.02. The Labute approximate surface area is 128 Å². The first kappa shape index (κ1) is 15.6. The van der Waals surface area contributed by atoms with Crippen LogP contribution in [0.15, 0.2) is 27.7 Å². The fourth-order valence-electron chi connectivity index (χ4n) is 1.82. The van der Waals surface area contributed by atoms with Crippen LogP contribution in [0.2, 0.25) is 0 Å². The van der Waals surface area contributed by atoms with Crippen molar-refractivity contribution in [2.75, 3.05) is 0 Å². The van der Waals surface area contributed by atoms with Gasteiger partial charge >= 0.3 is 5.97 Å². The first-order valence-corrected chi connectivity index (χ1v) is 7.03. The lowest BCUT2D eigenvalue weighted by molar-refractivity contribution is -0.155. The van der Waals surface area contributed by atoms with Gasteiger partial charge in [0, 0.05) is 4.47 Å². The molecule has 112 valence electrons. The first-order chi connectivity index (χ1) is 9.67. The molecule has 0 radical (unpaired) electrons. The molecule has 0 aliphatic carbocycles. The summed E-state index contributed by atoms with van der Waals surface area (Å²) in [5, 5.41) is 0.105. The molecule has 0 spiro atoms. The second kappa shape index (κ2) is 5.55. The van der Waals surface area contributed by atoms with E-state index in [1.807, 2.05) is 0 Å². The summed E-state index contributed by atoms with van der Waals surface area (Å²) in [7, 11) is 0. The van der Waals surface area contributed by atoms with Crippen LogP contribution in [0, 0.1) is 5.82 Å². The summed E-state index contributed by atoms with van der Waals surface area (Å²) in [6.07, 6.45) is 1.14. The predicted molar refractivity (Wildman–Crippen MR) is 79.5 cm³/mol. The number of halogens is 2. The third kappa shape index (κ3) is 3.66. The molecule has 0 bridgehead atoms. The minimum absolute atomic E-state index is 0.0244. The number of carbonyl (C=O) groups is 1. The monoisotopic (exact) mass is 356 g/mol. The third-order valence-electron chi connectivity index (χ3n) is 2.57. The van der Waals surface area contributed by atoms with Gasteiger partial charge in [-0.3, -0.25) is 14.2 Å². The molecule has 2 aromatic rings. The van der Waals surface area contributed by atoms with Crippen LogP contribution in [0.25, 0.3) is 10.9 Å². The van der Waals surface area contributed by atoms with E-state index in [0.29, 0.717) is 4.47 Å². The zero-order chi connectivity index (χ0) is 15.8. The van der Waals surface area contributed by atoms with E-state index in [0.717, 1.165) is 10.9 Å². The van der Waals surface area contributed by atoms with Crippen LogP contribution < -0.4 is 5.56 Å². The smallest absolute Gasteiger partial charge is 0.326 e. The molecule has 0 aliphatic rings. The maximum Gasteiger partial charge on any atom is 0.326 e. The normalized spacial score (nSPS) is 11.7. The van der Waals surface area contributed by atoms with Gasteiger partial charge in [0.05, 0.1) is 11.7 Å². The van der Waals surface area contributed by atoms with E-state index in [2.05, 4.69) is 20.9 Å². The molecule has 5 nitrogen and oxygen atoms in total. The second-order valence-electron chi connectivity index (χ2n) is 5.55. The van der Waals surface area contributed by atoms with Gasteiger partial charge in [-0.15, -0.1) is 0 Å². The zero-order valence-electron chi connectivity index (χ0n) is 11.8. The van der Waals surface area contributed by atoms with E-state index in [4.69, 9.17) is 4.74 Å². The van der Waals surface area contributed by atoms with E-state index in [-0.39, 0.29) is 17.4 Å². The Bertz CT molecular complexity index is 765. The zero-order valence-corrected chi connectivity index (χ0v) is 13.4. The van der Waals surface area contributed by atoms with Crippen molar-refractivity contribution in [1.82, 2.24) is 9.55 Å². The number of hydrogen-bond acceptors (Lipinski definition) is 4. The molecular weight excluding hydrogens is 343 g/mol. The molecule has 2 rings (SSSR count). The van der Waals surface area contributed by atoms with Gasteiger partial charge in [-0.1, -0.05) is 15.9 Å². The molecule has 1 aromatic carbocycles. The van der Waals surface area contributed by atoms with Crippen LogP contribution >= 0.6 is 15.9 Å². The summed E-state index contributed by atoms with van der Waals surface area (Å²) in [4.78, 5) is 27.9. The Morgan fingerprint density at radius 1 is 1.43 bits per heavy atom. The van der Waals surface area contributed by atoms with Crippen molar-refractivity contribution in [2.24, 2.45) is 0 Å². The molecule has 7 heteroatoms. The highest BCUT2D eigenvalue weighted by Crippen LogP contribution is 2.19. The Morgan fingerprint density at radius 3 is 2.71 bits per heavy atom. The molecule has 0 saturated carbocycles. The maximum absolute atomic E-state index is 13.7. The molecule has 0 fully saturated rings. The number of aromatic nitrogens is 2. The lowest BCUT2D eigenvalue weighted by atomic mass is 10.2. The van der Waals surface area contributed by atoms with E-state index in [1.165, 1.54) is 12.1 Å². The number of carbonyl (C=O) groups excluding carboxylic acids is 1. The fourth-order valence-corrected chi connectivity index (χ4v) is 2.25. The van der Waals surface area contributed by atoms with Crippen molar-refractivity contribution in [1.29, 1.82) is 0 Å². The van der Waals surface area contributed by atoms with E-state index < -0.39 is 22.9 Å². The summed E-state index contributed by atoms with van der Waals surface area (Å²) in [5.74, 6) is -1.15.